The van der Waals surface area contributed by atoms with Gasteiger partial charge in [0.05, 0.1) is 12.3 Å². The molecule has 0 aliphatic carbocycles. The summed E-state index contributed by atoms with van der Waals surface area (Å²) in [6.07, 6.45) is 2.12. The van der Waals surface area contributed by atoms with E-state index in [2.05, 4.69) is 40.9 Å². The molecule has 0 amide bonds. The van der Waals surface area contributed by atoms with Gasteiger partial charge in [0.25, 0.3) is 0 Å². The van der Waals surface area contributed by atoms with Crippen LogP contribution in [0, 0.1) is 0 Å². The fraction of sp³-hybridized carbons (Fsp3) is 0.182. The first-order chi connectivity index (χ1) is 6.36. The van der Waals surface area contributed by atoms with E-state index in [0.717, 1.165) is 12.3 Å². The Kier molecular flexibility index (Phi) is 2.13. The van der Waals surface area contributed by atoms with Crippen molar-refractivity contribution in [2.75, 3.05) is 6.54 Å². The maximum absolute atomic E-state index is 4.10. The lowest BCUT2D eigenvalue weighted by atomic mass is 10.0. The van der Waals surface area contributed by atoms with Crippen LogP contribution in [0.2, 0.25) is 0 Å². The van der Waals surface area contributed by atoms with Gasteiger partial charge in [0.2, 0.25) is 0 Å². The molecule has 0 spiro atoms. The second-order valence-electron chi connectivity index (χ2n) is 3.12. The molecular formula is C11H12N2. The van der Waals surface area contributed by atoms with Gasteiger partial charge in [0, 0.05) is 0 Å². The van der Waals surface area contributed by atoms with E-state index in [1.54, 1.807) is 0 Å². The standard InChI is InChI=1S/C11H12N2/c1-9-7-11(8-12-13-9)10-5-3-2-4-6-10/h2-7,12H,8H2,1H3. The Labute approximate surface area is 78.0 Å². The minimum absolute atomic E-state index is 0.821. The van der Waals surface area contributed by atoms with Crippen LogP contribution in [0.4, 0.5) is 0 Å². The Hall–Kier alpha value is -1.57. The Morgan fingerprint density at radius 2 is 2.00 bits per heavy atom. The molecule has 1 aliphatic rings. The summed E-state index contributed by atoms with van der Waals surface area (Å²) >= 11 is 0. The monoisotopic (exact) mass is 172 g/mol. The lowest BCUT2D eigenvalue weighted by molar-refractivity contribution is 0.826. The summed E-state index contributed by atoms with van der Waals surface area (Å²) in [5.41, 5.74) is 6.60. The molecule has 1 heterocycles. The van der Waals surface area contributed by atoms with Crippen molar-refractivity contribution in [2.45, 2.75) is 6.92 Å². The fourth-order valence-electron chi connectivity index (χ4n) is 1.42. The van der Waals surface area contributed by atoms with Crippen LogP contribution in [0.1, 0.15) is 12.5 Å². The zero-order chi connectivity index (χ0) is 9.10. The molecule has 0 saturated carbocycles. The molecular weight excluding hydrogens is 160 g/mol. The highest BCUT2D eigenvalue weighted by Gasteiger charge is 2.04. The van der Waals surface area contributed by atoms with Gasteiger partial charge in [0.1, 0.15) is 0 Å². The SMILES string of the molecule is CC1=NNCC(c2ccccc2)=C1. The highest BCUT2D eigenvalue weighted by atomic mass is 15.3. The average molecular weight is 172 g/mol. The molecule has 1 aliphatic heterocycles. The van der Waals surface area contributed by atoms with Crippen molar-refractivity contribution in [3.05, 3.63) is 42.0 Å². The molecule has 0 saturated heterocycles. The topological polar surface area (TPSA) is 24.4 Å². The molecule has 1 aromatic carbocycles. The molecule has 2 nitrogen and oxygen atoms in total. The smallest absolute Gasteiger partial charge is 0.0586 e. The van der Waals surface area contributed by atoms with Crippen molar-refractivity contribution < 1.29 is 0 Å². The van der Waals surface area contributed by atoms with E-state index in [1.165, 1.54) is 11.1 Å². The maximum atomic E-state index is 4.10. The summed E-state index contributed by atoms with van der Waals surface area (Å²) in [7, 11) is 0. The number of hydrogen-bond donors (Lipinski definition) is 1. The molecule has 0 fully saturated rings. The number of benzene rings is 1. The number of rotatable bonds is 1. The van der Waals surface area contributed by atoms with E-state index >= 15 is 0 Å². The summed E-state index contributed by atoms with van der Waals surface area (Å²) in [4.78, 5) is 0. The van der Waals surface area contributed by atoms with Crippen molar-refractivity contribution in [1.82, 2.24) is 5.43 Å². The number of allylic oxidation sites excluding steroid dienone is 1. The summed E-state index contributed by atoms with van der Waals surface area (Å²) in [6, 6.07) is 10.4. The minimum Gasteiger partial charge on any atom is -0.305 e. The number of hydrogen-bond acceptors (Lipinski definition) is 2. The van der Waals surface area contributed by atoms with E-state index in [9.17, 15) is 0 Å². The van der Waals surface area contributed by atoms with Crippen molar-refractivity contribution in [2.24, 2.45) is 5.10 Å². The quantitative estimate of drug-likeness (QED) is 0.688. The molecule has 1 aromatic rings. The van der Waals surface area contributed by atoms with E-state index in [0.29, 0.717) is 0 Å². The molecule has 2 rings (SSSR count). The highest BCUT2D eigenvalue weighted by molar-refractivity contribution is 6.00. The van der Waals surface area contributed by atoms with Crippen LogP contribution < -0.4 is 5.43 Å². The van der Waals surface area contributed by atoms with E-state index in [4.69, 9.17) is 0 Å². The lowest BCUT2D eigenvalue weighted by Gasteiger charge is -2.12. The summed E-state index contributed by atoms with van der Waals surface area (Å²) in [5, 5.41) is 4.10. The maximum Gasteiger partial charge on any atom is 0.0586 e. The van der Waals surface area contributed by atoms with E-state index < -0.39 is 0 Å². The number of nitrogens with zero attached hydrogens (tertiary/aromatic N) is 1. The molecule has 1 N–H and O–H groups in total. The first-order valence-electron chi connectivity index (χ1n) is 4.39. The molecule has 0 atom stereocenters. The van der Waals surface area contributed by atoms with Crippen molar-refractivity contribution in [1.29, 1.82) is 0 Å². The summed E-state index contributed by atoms with van der Waals surface area (Å²) in [6.45, 7) is 2.82. The van der Waals surface area contributed by atoms with E-state index in [-0.39, 0.29) is 0 Å². The largest absolute Gasteiger partial charge is 0.305 e. The Balaban J connectivity index is 2.32. The highest BCUT2D eigenvalue weighted by Crippen LogP contribution is 2.14. The summed E-state index contributed by atoms with van der Waals surface area (Å²) in [5.74, 6) is 0. The van der Waals surface area contributed by atoms with Crippen molar-refractivity contribution >= 4 is 11.3 Å². The van der Waals surface area contributed by atoms with Gasteiger partial charge < -0.3 is 5.43 Å². The van der Waals surface area contributed by atoms with Gasteiger partial charge in [-0.25, -0.2) is 0 Å². The Morgan fingerprint density at radius 3 is 2.69 bits per heavy atom. The third-order valence-electron chi connectivity index (χ3n) is 2.05. The van der Waals surface area contributed by atoms with Crippen LogP contribution in [-0.4, -0.2) is 12.3 Å². The molecule has 0 aromatic heterocycles. The van der Waals surface area contributed by atoms with E-state index in [1.807, 2.05) is 13.0 Å². The Morgan fingerprint density at radius 1 is 1.23 bits per heavy atom. The first kappa shape index (κ1) is 8.05. The molecule has 13 heavy (non-hydrogen) atoms. The predicted molar refractivity (Wildman–Crippen MR) is 55.5 cm³/mol. The van der Waals surface area contributed by atoms with Crippen LogP contribution in [0.15, 0.2) is 41.5 Å². The zero-order valence-corrected chi connectivity index (χ0v) is 7.62. The molecule has 66 valence electrons. The second-order valence-corrected chi connectivity index (χ2v) is 3.12. The first-order valence-corrected chi connectivity index (χ1v) is 4.39. The van der Waals surface area contributed by atoms with Crippen LogP contribution in [-0.2, 0) is 0 Å². The predicted octanol–water partition coefficient (Wildman–Crippen LogP) is 2.05. The summed E-state index contributed by atoms with van der Waals surface area (Å²) < 4.78 is 0. The van der Waals surface area contributed by atoms with Gasteiger partial charge in [-0.1, -0.05) is 30.3 Å². The van der Waals surface area contributed by atoms with Gasteiger partial charge >= 0.3 is 0 Å². The number of hydrazone groups is 1. The third-order valence-corrected chi connectivity index (χ3v) is 2.05. The van der Waals surface area contributed by atoms with Crippen LogP contribution >= 0.6 is 0 Å². The fourth-order valence-corrected chi connectivity index (χ4v) is 1.42. The van der Waals surface area contributed by atoms with Crippen LogP contribution in [0.5, 0.6) is 0 Å². The minimum atomic E-state index is 0.821. The third kappa shape index (κ3) is 1.78. The molecule has 0 bridgehead atoms. The Bertz CT molecular complexity index is 350. The zero-order valence-electron chi connectivity index (χ0n) is 7.62. The normalized spacial score (nSPS) is 15.8. The van der Waals surface area contributed by atoms with Gasteiger partial charge in [0.15, 0.2) is 0 Å². The van der Waals surface area contributed by atoms with Gasteiger partial charge in [-0.05, 0) is 24.1 Å². The van der Waals surface area contributed by atoms with Gasteiger partial charge in [-0.15, -0.1) is 0 Å². The van der Waals surface area contributed by atoms with Crippen molar-refractivity contribution in [3.63, 3.8) is 0 Å². The van der Waals surface area contributed by atoms with Crippen LogP contribution in [0.3, 0.4) is 0 Å². The molecule has 0 unspecified atom stereocenters. The molecule has 2 heteroatoms. The van der Waals surface area contributed by atoms with Gasteiger partial charge in [-0.3, -0.25) is 0 Å². The van der Waals surface area contributed by atoms with Crippen LogP contribution in [0.25, 0.3) is 5.57 Å². The van der Waals surface area contributed by atoms with Gasteiger partial charge in [-0.2, -0.15) is 5.10 Å². The molecule has 0 radical (unpaired) electrons. The average Bonchev–Trinajstić information content (AvgIpc) is 2.19. The van der Waals surface area contributed by atoms with Crippen molar-refractivity contribution in [3.8, 4) is 0 Å². The second kappa shape index (κ2) is 3.44. The lowest BCUT2D eigenvalue weighted by Crippen LogP contribution is -2.16. The number of nitrogens with one attached hydrogen (secondary N) is 1.